The number of halogens is 3. The minimum atomic E-state index is -4.85. The van der Waals surface area contributed by atoms with Crippen LogP contribution in [0.15, 0.2) is 121 Å². The second-order valence-electron chi connectivity index (χ2n) is 17.9. The number of ether oxygens (including phenoxy) is 2. The molecule has 2 bridgehead atoms. The highest BCUT2D eigenvalue weighted by Gasteiger charge is 2.74. The minimum absolute atomic E-state index is 0.0327. The maximum absolute atomic E-state index is 14.8. The number of carbonyl (C=O) groups is 2. The number of fused-ring (bicyclic) bond motifs is 2. The molecule has 4 aromatic carbocycles. The van der Waals surface area contributed by atoms with E-state index in [-0.39, 0.29) is 41.9 Å². The Morgan fingerprint density at radius 3 is 2.19 bits per heavy atom. The van der Waals surface area contributed by atoms with Crippen molar-refractivity contribution in [2.75, 3.05) is 6.54 Å². The normalized spacial score (nSPS) is 33.4. The molecule has 8 atom stereocenters. The number of Topliss-reactive ketones (excluding diaryl/α,β-unsaturated/α-hetero) is 1. The molecule has 7 nitrogen and oxygen atoms in total. The summed E-state index contributed by atoms with van der Waals surface area (Å²) in [6, 6.07) is 27.7. The number of benzene rings is 4. The third kappa shape index (κ3) is 6.00. The highest BCUT2D eigenvalue weighted by molar-refractivity contribution is 6.10. The van der Waals surface area contributed by atoms with Crippen LogP contribution in [0.2, 0.25) is 0 Å². The van der Waals surface area contributed by atoms with Gasteiger partial charge in [0.1, 0.15) is 11.5 Å². The van der Waals surface area contributed by atoms with Crippen molar-refractivity contribution in [1.29, 1.82) is 0 Å². The summed E-state index contributed by atoms with van der Waals surface area (Å²) in [7, 11) is 0. The Labute approximate surface area is 336 Å². The number of hydrogen-bond acceptors (Lipinski definition) is 6. The number of ketones is 1. The average molecular weight is 792 g/mol. The summed E-state index contributed by atoms with van der Waals surface area (Å²) in [6.07, 6.45) is 5.13. The van der Waals surface area contributed by atoms with Crippen molar-refractivity contribution < 1.29 is 42.4 Å². The van der Waals surface area contributed by atoms with Crippen molar-refractivity contribution >= 4 is 22.6 Å². The van der Waals surface area contributed by atoms with Crippen molar-refractivity contribution in [3.63, 3.8) is 0 Å². The van der Waals surface area contributed by atoms with Crippen LogP contribution in [0.25, 0.3) is 10.8 Å². The molecule has 0 heterocycles. The fraction of sp³-hybridized carbons (Fsp3) is 0.417. The molecule has 3 saturated carbocycles. The number of amides is 1. The molecule has 1 unspecified atom stereocenters. The van der Waals surface area contributed by atoms with Gasteiger partial charge in [-0.2, -0.15) is 0 Å². The van der Waals surface area contributed by atoms with Crippen LogP contribution in [-0.2, 0) is 6.54 Å². The van der Waals surface area contributed by atoms with E-state index < -0.39 is 40.4 Å². The summed E-state index contributed by atoms with van der Waals surface area (Å²) in [5.41, 5.74) is -1.65. The smallest absolute Gasteiger partial charge is 0.410 e. The first-order valence-electron chi connectivity index (χ1n) is 20.3. The molecule has 302 valence electrons. The fourth-order valence-electron chi connectivity index (χ4n) is 12.3. The van der Waals surface area contributed by atoms with E-state index in [1.807, 2.05) is 60.7 Å². The van der Waals surface area contributed by atoms with E-state index in [9.17, 15) is 33.0 Å². The lowest BCUT2D eigenvalue weighted by Crippen LogP contribution is -2.67. The van der Waals surface area contributed by atoms with E-state index in [4.69, 9.17) is 4.74 Å². The summed E-state index contributed by atoms with van der Waals surface area (Å²) < 4.78 is 49.0. The number of rotatable bonds is 8. The number of nitrogens with zero attached hydrogens (tertiary/aromatic N) is 1. The van der Waals surface area contributed by atoms with Crippen molar-refractivity contribution in [2.24, 2.45) is 33.5 Å². The Hall–Kier alpha value is -4.93. The van der Waals surface area contributed by atoms with Gasteiger partial charge in [-0.1, -0.05) is 105 Å². The molecular weight excluding hydrogens is 744 g/mol. The third-order valence-corrected chi connectivity index (χ3v) is 15.2. The van der Waals surface area contributed by atoms with Gasteiger partial charge in [-0.25, -0.2) is 4.79 Å². The summed E-state index contributed by atoms with van der Waals surface area (Å²) in [6.45, 7) is 4.29. The molecule has 0 radical (unpaired) electrons. The van der Waals surface area contributed by atoms with E-state index in [1.54, 1.807) is 12.1 Å². The summed E-state index contributed by atoms with van der Waals surface area (Å²) in [4.78, 5) is 30.6. The van der Waals surface area contributed by atoms with Gasteiger partial charge in [-0.15, -0.1) is 13.2 Å². The largest absolute Gasteiger partial charge is 0.573 e. The van der Waals surface area contributed by atoms with E-state index in [2.05, 4.69) is 36.8 Å². The van der Waals surface area contributed by atoms with E-state index >= 15 is 0 Å². The van der Waals surface area contributed by atoms with Crippen molar-refractivity contribution in [1.82, 2.24) is 4.90 Å². The van der Waals surface area contributed by atoms with Gasteiger partial charge in [0, 0.05) is 33.9 Å². The van der Waals surface area contributed by atoms with Crippen LogP contribution in [0, 0.1) is 33.5 Å². The van der Waals surface area contributed by atoms with Gasteiger partial charge in [-0.3, -0.25) is 4.79 Å². The Morgan fingerprint density at radius 2 is 1.45 bits per heavy atom. The highest BCUT2D eigenvalue weighted by Crippen LogP contribution is 2.78. The molecule has 6 aliphatic carbocycles. The van der Waals surface area contributed by atoms with E-state index in [0.717, 1.165) is 29.2 Å². The lowest BCUT2D eigenvalue weighted by molar-refractivity contribution is -0.274. The van der Waals surface area contributed by atoms with Gasteiger partial charge < -0.3 is 24.6 Å². The van der Waals surface area contributed by atoms with Crippen LogP contribution in [-0.4, -0.2) is 51.6 Å². The molecule has 10 heteroatoms. The Balaban J connectivity index is 1.08. The summed E-state index contributed by atoms with van der Waals surface area (Å²) >= 11 is 0. The quantitative estimate of drug-likeness (QED) is 0.136. The minimum Gasteiger partial charge on any atom is -0.410 e. The predicted octanol–water partition coefficient (Wildman–Crippen LogP) is 10.2. The molecule has 0 aromatic heterocycles. The number of carbonyl (C=O) groups excluding carboxylic acids is 2. The first kappa shape index (κ1) is 38.6. The SMILES string of the molecule is C[C@]12CC[C@H]3[C@]4(C=C[C@@]5(C=C4C(=O)c4ccccc4)CC(O)CC[C@]35C)[C@@H]1CC[C@@]2(O)CN(Cc1ccc(OC(F)(F)F)cc1)C(=O)Oc1ccc2ccccc2c1. The lowest BCUT2D eigenvalue weighted by atomic mass is 9.32. The van der Waals surface area contributed by atoms with E-state index in [1.165, 1.54) is 29.2 Å². The number of alkyl halides is 3. The number of aliphatic hydroxyl groups excluding tert-OH is 1. The van der Waals surface area contributed by atoms with Crippen LogP contribution in [0.5, 0.6) is 11.5 Å². The van der Waals surface area contributed by atoms with Crippen LogP contribution in [0.4, 0.5) is 18.0 Å². The zero-order valence-electron chi connectivity index (χ0n) is 32.7. The molecule has 0 saturated heterocycles. The van der Waals surface area contributed by atoms with Gasteiger partial charge in [0.15, 0.2) is 5.78 Å². The molecule has 10 rings (SSSR count). The maximum Gasteiger partial charge on any atom is 0.573 e. The first-order chi connectivity index (χ1) is 27.6. The van der Waals surface area contributed by atoms with Crippen molar-refractivity contribution in [2.45, 2.75) is 83.4 Å². The Kier molecular flexibility index (Phi) is 9.02. The Morgan fingerprint density at radius 1 is 0.793 bits per heavy atom. The number of aliphatic hydroxyl groups is 2. The molecule has 3 fully saturated rings. The number of allylic oxidation sites excluding steroid dienone is 4. The molecule has 2 spiro atoms. The molecule has 1 amide bonds. The molecule has 0 aliphatic heterocycles. The van der Waals surface area contributed by atoms with Gasteiger partial charge in [-0.05, 0) is 103 Å². The van der Waals surface area contributed by atoms with Crippen molar-refractivity contribution in [3.05, 3.63) is 132 Å². The standard InChI is InChI=1S/C48H48F3NO6/c1-43-21-18-35(53)27-45(43)24-25-47(38(28-45)41(54)33-9-4-3-5-10-33)39(43)19-22-44(2)40(47)20-23-46(44,56)30-52(29-31-12-15-36(16-13-31)58-48(49,50)51)42(55)57-37-17-14-32-8-6-7-11-34(32)26-37/h3-17,24-26,28,35,39-40,53,56H,18-23,27,29-30H2,1-2H3/t35?,39-,40-,43-,44+,45+,46-,47-/m1/s1. The molecule has 58 heavy (non-hydrogen) atoms. The third-order valence-electron chi connectivity index (χ3n) is 15.2. The first-order valence-corrected chi connectivity index (χ1v) is 20.3. The second-order valence-corrected chi connectivity index (χ2v) is 17.9. The summed E-state index contributed by atoms with van der Waals surface area (Å²) in [5, 5.41) is 26.0. The summed E-state index contributed by atoms with van der Waals surface area (Å²) in [5.74, 6) is -0.151. The van der Waals surface area contributed by atoms with Crippen LogP contribution < -0.4 is 9.47 Å². The zero-order valence-corrected chi connectivity index (χ0v) is 32.7. The second kappa shape index (κ2) is 13.6. The van der Waals surface area contributed by atoms with Gasteiger partial charge in [0.05, 0.1) is 18.2 Å². The lowest BCUT2D eigenvalue weighted by Gasteiger charge is -2.71. The highest BCUT2D eigenvalue weighted by atomic mass is 19.4. The molecule has 2 N–H and O–H groups in total. The number of hydrogen-bond donors (Lipinski definition) is 2. The predicted molar refractivity (Wildman–Crippen MR) is 213 cm³/mol. The van der Waals surface area contributed by atoms with Gasteiger partial charge >= 0.3 is 12.5 Å². The monoisotopic (exact) mass is 791 g/mol. The van der Waals surface area contributed by atoms with E-state index in [0.29, 0.717) is 49.0 Å². The van der Waals surface area contributed by atoms with Crippen LogP contribution in [0.1, 0.15) is 74.7 Å². The Bertz CT molecular complexity index is 2330. The zero-order chi connectivity index (χ0) is 40.7. The van der Waals surface area contributed by atoms with Gasteiger partial charge in [0.2, 0.25) is 0 Å². The molecular formula is C48H48F3NO6. The fourth-order valence-corrected chi connectivity index (χ4v) is 12.3. The maximum atomic E-state index is 14.8. The van der Waals surface area contributed by atoms with Gasteiger partial charge in [0.25, 0.3) is 0 Å². The molecule has 4 aromatic rings. The topological polar surface area (TPSA) is 96.3 Å². The molecule has 6 aliphatic rings. The average Bonchev–Trinajstić information content (AvgIpc) is 3.47. The van der Waals surface area contributed by atoms with Crippen LogP contribution in [0.3, 0.4) is 0 Å². The van der Waals surface area contributed by atoms with Crippen molar-refractivity contribution in [3.8, 4) is 11.5 Å². The van der Waals surface area contributed by atoms with Crippen LogP contribution >= 0.6 is 0 Å².